The molecule has 0 unspecified atom stereocenters. The predicted molar refractivity (Wildman–Crippen MR) is 46.5 cm³/mol. The second-order valence-electron chi connectivity index (χ2n) is 2.53. The smallest absolute Gasteiger partial charge is 0.134 e. The van der Waals surface area contributed by atoms with E-state index in [-0.39, 0.29) is 5.82 Å². The molecule has 2 aromatic rings. The molecule has 2 heteroatoms. The molecular weight excluding hydrogens is 159 g/mol. The summed E-state index contributed by atoms with van der Waals surface area (Å²) in [7, 11) is 0. The second kappa shape index (κ2) is 2.31. The fraction of sp³-hybridized carbons (Fsp3) is 0.111. The number of hydrogen-bond acceptors (Lipinski definition) is 1. The Kier molecular flexibility index (Phi) is 1.43. The van der Waals surface area contributed by atoms with Crippen molar-refractivity contribution < 1.29 is 4.39 Å². The third-order valence-corrected chi connectivity index (χ3v) is 2.64. The van der Waals surface area contributed by atoms with Crippen molar-refractivity contribution in [2.24, 2.45) is 0 Å². The van der Waals surface area contributed by atoms with Gasteiger partial charge in [-0.1, -0.05) is 6.07 Å². The maximum Gasteiger partial charge on any atom is 0.134 e. The summed E-state index contributed by atoms with van der Waals surface area (Å²) >= 11 is 1.57. The SMILES string of the molecule is Cc1ccc2sccc2c1F. The van der Waals surface area contributed by atoms with Crippen LogP contribution in [0, 0.1) is 12.7 Å². The highest BCUT2D eigenvalue weighted by atomic mass is 32.1. The van der Waals surface area contributed by atoms with Gasteiger partial charge in [0.1, 0.15) is 5.82 Å². The summed E-state index contributed by atoms with van der Waals surface area (Å²) in [5.41, 5.74) is 0.718. The molecule has 0 spiro atoms. The molecule has 0 N–H and O–H groups in total. The average molecular weight is 166 g/mol. The van der Waals surface area contributed by atoms with E-state index in [0.29, 0.717) is 0 Å². The molecule has 1 aromatic carbocycles. The van der Waals surface area contributed by atoms with Crippen molar-refractivity contribution in [2.45, 2.75) is 6.92 Å². The topological polar surface area (TPSA) is 0 Å². The van der Waals surface area contributed by atoms with Gasteiger partial charge < -0.3 is 0 Å². The minimum absolute atomic E-state index is 0.0799. The van der Waals surface area contributed by atoms with Gasteiger partial charge in [-0.3, -0.25) is 0 Å². The molecule has 0 radical (unpaired) electrons. The van der Waals surface area contributed by atoms with Gasteiger partial charge in [-0.15, -0.1) is 11.3 Å². The fourth-order valence-corrected chi connectivity index (χ4v) is 1.90. The van der Waals surface area contributed by atoms with Crippen molar-refractivity contribution in [3.8, 4) is 0 Å². The first-order valence-corrected chi connectivity index (χ1v) is 4.29. The van der Waals surface area contributed by atoms with Gasteiger partial charge in [0, 0.05) is 10.1 Å². The van der Waals surface area contributed by atoms with E-state index in [1.54, 1.807) is 18.3 Å². The highest BCUT2D eigenvalue weighted by Crippen LogP contribution is 2.24. The number of thiophene rings is 1. The average Bonchev–Trinajstić information content (AvgIpc) is 2.45. The van der Waals surface area contributed by atoms with E-state index < -0.39 is 0 Å². The number of hydrogen-bond donors (Lipinski definition) is 0. The molecule has 0 aliphatic carbocycles. The maximum absolute atomic E-state index is 13.2. The van der Waals surface area contributed by atoms with Crippen LogP contribution in [-0.2, 0) is 0 Å². The number of halogens is 1. The Morgan fingerprint density at radius 3 is 2.91 bits per heavy atom. The van der Waals surface area contributed by atoms with Gasteiger partial charge in [0.05, 0.1) is 0 Å². The van der Waals surface area contributed by atoms with Crippen LogP contribution in [-0.4, -0.2) is 0 Å². The largest absolute Gasteiger partial charge is 0.206 e. The Balaban J connectivity index is 2.93. The van der Waals surface area contributed by atoms with Gasteiger partial charge in [0.25, 0.3) is 0 Å². The van der Waals surface area contributed by atoms with Crippen molar-refractivity contribution in [3.63, 3.8) is 0 Å². The van der Waals surface area contributed by atoms with Crippen LogP contribution in [0.25, 0.3) is 10.1 Å². The number of fused-ring (bicyclic) bond motifs is 1. The van der Waals surface area contributed by atoms with Crippen LogP contribution in [0.15, 0.2) is 23.6 Å². The van der Waals surface area contributed by atoms with E-state index in [1.165, 1.54) is 0 Å². The van der Waals surface area contributed by atoms with Crippen LogP contribution >= 0.6 is 11.3 Å². The molecule has 0 amide bonds. The lowest BCUT2D eigenvalue weighted by Crippen LogP contribution is -1.79. The van der Waals surface area contributed by atoms with Crippen LogP contribution in [0.5, 0.6) is 0 Å². The van der Waals surface area contributed by atoms with E-state index in [0.717, 1.165) is 15.6 Å². The van der Waals surface area contributed by atoms with Crippen LogP contribution in [0.1, 0.15) is 5.56 Å². The van der Waals surface area contributed by atoms with E-state index in [9.17, 15) is 4.39 Å². The molecule has 0 aliphatic rings. The molecule has 0 atom stereocenters. The first-order valence-electron chi connectivity index (χ1n) is 3.41. The molecule has 0 saturated carbocycles. The highest BCUT2D eigenvalue weighted by molar-refractivity contribution is 7.17. The summed E-state index contributed by atoms with van der Waals surface area (Å²) in [6, 6.07) is 5.59. The van der Waals surface area contributed by atoms with E-state index in [1.807, 2.05) is 23.6 Å². The second-order valence-corrected chi connectivity index (χ2v) is 3.48. The minimum Gasteiger partial charge on any atom is -0.206 e. The monoisotopic (exact) mass is 166 g/mol. The molecule has 0 bridgehead atoms. The fourth-order valence-electron chi connectivity index (χ4n) is 1.12. The standard InChI is InChI=1S/C9H7FS/c1-6-2-3-8-7(9(6)10)4-5-11-8/h2-5H,1H3. The van der Waals surface area contributed by atoms with Crippen molar-refractivity contribution in [2.75, 3.05) is 0 Å². The Bertz CT molecular complexity index is 389. The normalized spacial score (nSPS) is 10.7. The highest BCUT2D eigenvalue weighted by Gasteiger charge is 2.03. The van der Waals surface area contributed by atoms with Gasteiger partial charge in [0.2, 0.25) is 0 Å². The lowest BCUT2D eigenvalue weighted by molar-refractivity contribution is 0.631. The molecule has 1 aromatic heterocycles. The first kappa shape index (κ1) is 6.80. The molecular formula is C9H7FS. The Hall–Kier alpha value is -0.890. The predicted octanol–water partition coefficient (Wildman–Crippen LogP) is 3.35. The molecule has 11 heavy (non-hydrogen) atoms. The van der Waals surface area contributed by atoms with Gasteiger partial charge in [0.15, 0.2) is 0 Å². The third kappa shape index (κ3) is 0.942. The Morgan fingerprint density at radius 1 is 1.27 bits per heavy atom. The van der Waals surface area contributed by atoms with Crippen LogP contribution in [0.2, 0.25) is 0 Å². The number of benzene rings is 1. The summed E-state index contributed by atoms with van der Waals surface area (Å²) in [6.45, 7) is 1.78. The van der Waals surface area contributed by atoms with Crippen LogP contribution < -0.4 is 0 Å². The zero-order valence-electron chi connectivity index (χ0n) is 6.10. The van der Waals surface area contributed by atoms with Crippen LogP contribution in [0.3, 0.4) is 0 Å². The summed E-state index contributed by atoms with van der Waals surface area (Å²) in [4.78, 5) is 0. The number of rotatable bonds is 0. The van der Waals surface area contributed by atoms with Crippen LogP contribution in [0.4, 0.5) is 4.39 Å². The Morgan fingerprint density at radius 2 is 2.09 bits per heavy atom. The molecule has 1 heterocycles. The molecule has 0 fully saturated rings. The van der Waals surface area contributed by atoms with Gasteiger partial charge in [-0.05, 0) is 30.0 Å². The van der Waals surface area contributed by atoms with Crippen molar-refractivity contribution in [3.05, 3.63) is 35.0 Å². The lowest BCUT2D eigenvalue weighted by atomic mass is 10.2. The summed E-state index contributed by atoms with van der Waals surface area (Å²) in [5, 5.41) is 2.66. The van der Waals surface area contributed by atoms with E-state index in [2.05, 4.69) is 0 Å². The maximum atomic E-state index is 13.2. The van der Waals surface area contributed by atoms with Gasteiger partial charge in [-0.25, -0.2) is 4.39 Å². The lowest BCUT2D eigenvalue weighted by Gasteiger charge is -1.95. The minimum atomic E-state index is -0.0799. The van der Waals surface area contributed by atoms with Crippen molar-refractivity contribution in [1.82, 2.24) is 0 Å². The molecule has 0 nitrogen and oxygen atoms in total. The zero-order valence-corrected chi connectivity index (χ0v) is 6.91. The van der Waals surface area contributed by atoms with Crippen molar-refractivity contribution >= 4 is 21.4 Å². The van der Waals surface area contributed by atoms with Gasteiger partial charge in [-0.2, -0.15) is 0 Å². The summed E-state index contributed by atoms with van der Waals surface area (Å²) in [5.74, 6) is -0.0799. The van der Waals surface area contributed by atoms with Crippen molar-refractivity contribution in [1.29, 1.82) is 0 Å². The Labute approximate surface area is 68.3 Å². The summed E-state index contributed by atoms with van der Waals surface area (Å²) < 4.78 is 14.3. The zero-order chi connectivity index (χ0) is 7.84. The molecule has 0 saturated heterocycles. The number of aryl methyl sites for hydroxylation is 1. The van der Waals surface area contributed by atoms with E-state index in [4.69, 9.17) is 0 Å². The molecule has 56 valence electrons. The molecule has 0 aliphatic heterocycles. The molecule has 2 rings (SSSR count). The summed E-state index contributed by atoms with van der Waals surface area (Å²) in [6.07, 6.45) is 0. The first-order chi connectivity index (χ1) is 5.29. The van der Waals surface area contributed by atoms with E-state index >= 15 is 0 Å². The quantitative estimate of drug-likeness (QED) is 0.563. The van der Waals surface area contributed by atoms with Gasteiger partial charge >= 0.3 is 0 Å². The third-order valence-electron chi connectivity index (χ3n) is 1.76.